The summed E-state index contributed by atoms with van der Waals surface area (Å²) >= 11 is 1.38. The molecule has 0 aliphatic rings. The SMILES string of the molecule is CC(C)c1c(NN)ncnc1SCC(O)CO. The molecule has 96 valence electrons. The molecule has 17 heavy (non-hydrogen) atoms. The molecule has 1 unspecified atom stereocenters. The van der Waals surface area contributed by atoms with Crippen LogP contribution in [-0.4, -0.2) is 38.6 Å². The molecular formula is C10H18N4O2S. The molecule has 0 fully saturated rings. The van der Waals surface area contributed by atoms with E-state index < -0.39 is 6.10 Å². The Morgan fingerprint density at radius 2 is 2.18 bits per heavy atom. The summed E-state index contributed by atoms with van der Waals surface area (Å²) in [6.07, 6.45) is 0.679. The molecule has 6 nitrogen and oxygen atoms in total. The molecular weight excluding hydrogens is 240 g/mol. The van der Waals surface area contributed by atoms with Gasteiger partial charge in [-0.05, 0) is 5.92 Å². The standard InChI is InChI=1S/C10H18N4O2S/c1-6(2)8-9(14-11)12-5-13-10(8)17-4-7(16)3-15/h5-7,15-16H,3-4,11H2,1-2H3,(H,12,13,14). The highest BCUT2D eigenvalue weighted by atomic mass is 32.2. The number of hydrogen-bond donors (Lipinski definition) is 4. The van der Waals surface area contributed by atoms with E-state index in [0.717, 1.165) is 10.6 Å². The third-order valence-corrected chi connectivity index (χ3v) is 3.33. The molecule has 0 amide bonds. The van der Waals surface area contributed by atoms with Gasteiger partial charge in [-0.3, -0.25) is 0 Å². The second-order valence-electron chi connectivity index (χ2n) is 3.89. The zero-order valence-corrected chi connectivity index (χ0v) is 10.7. The smallest absolute Gasteiger partial charge is 0.147 e. The lowest BCUT2D eigenvalue weighted by atomic mass is 10.1. The van der Waals surface area contributed by atoms with Gasteiger partial charge in [0.2, 0.25) is 0 Å². The molecule has 0 spiro atoms. The predicted octanol–water partition coefficient (Wildman–Crippen LogP) is 0.331. The zero-order valence-electron chi connectivity index (χ0n) is 9.92. The van der Waals surface area contributed by atoms with Crippen LogP contribution in [0.3, 0.4) is 0 Å². The fraction of sp³-hybridized carbons (Fsp3) is 0.600. The first-order valence-corrected chi connectivity index (χ1v) is 6.31. The predicted molar refractivity (Wildman–Crippen MR) is 67.7 cm³/mol. The van der Waals surface area contributed by atoms with E-state index in [1.54, 1.807) is 0 Å². The van der Waals surface area contributed by atoms with E-state index in [1.165, 1.54) is 18.1 Å². The van der Waals surface area contributed by atoms with E-state index in [0.29, 0.717) is 11.6 Å². The third kappa shape index (κ3) is 3.81. The average molecular weight is 258 g/mol. The van der Waals surface area contributed by atoms with Gasteiger partial charge >= 0.3 is 0 Å². The maximum absolute atomic E-state index is 9.32. The molecule has 0 saturated carbocycles. The van der Waals surface area contributed by atoms with Crippen molar-refractivity contribution in [1.82, 2.24) is 9.97 Å². The Morgan fingerprint density at radius 3 is 2.71 bits per heavy atom. The van der Waals surface area contributed by atoms with Crippen LogP contribution < -0.4 is 11.3 Å². The second-order valence-corrected chi connectivity index (χ2v) is 4.90. The number of rotatable bonds is 6. The van der Waals surface area contributed by atoms with Crippen LogP contribution in [-0.2, 0) is 0 Å². The number of hydrazine groups is 1. The van der Waals surface area contributed by atoms with Crippen molar-refractivity contribution in [3.63, 3.8) is 0 Å². The van der Waals surface area contributed by atoms with Crippen LogP contribution in [0.4, 0.5) is 5.82 Å². The normalized spacial score (nSPS) is 12.8. The molecule has 1 heterocycles. The van der Waals surface area contributed by atoms with E-state index in [1.807, 2.05) is 13.8 Å². The van der Waals surface area contributed by atoms with Crippen molar-refractivity contribution in [2.45, 2.75) is 30.9 Å². The minimum atomic E-state index is -0.746. The molecule has 7 heteroatoms. The maximum Gasteiger partial charge on any atom is 0.147 e. The van der Waals surface area contributed by atoms with Crippen molar-refractivity contribution in [2.75, 3.05) is 17.8 Å². The lowest BCUT2D eigenvalue weighted by Crippen LogP contribution is -2.16. The van der Waals surface area contributed by atoms with Gasteiger partial charge < -0.3 is 15.6 Å². The van der Waals surface area contributed by atoms with Gasteiger partial charge in [0.05, 0.1) is 12.7 Å². The van der Waals surface area contributed by atoms with Crippen molar-refractivity contribution in [2.24, 2.45) is 5.84 Å². The first-order chi connectivity index (χ1) is 8.10. The van der Waals surface area contributed by atoms with E-state index in [-0.39, 0.29) is 12.5 Å². The van der Waals surface area contributed by atoms with Gasteiger partial charge in [-0.1, -0.05) is 13.8 Å². The van der Waals surface area contributed by atoms with Gasteiger partial charge in [0.1, 0.15) is 17.2 Å². The van der Waals surface area contributed by atoms with E-state index >= 15 is 0 Å². The number of anilines is 1. The summed E-state index contributed by atoms with van der Waals surface area (Å²) in [6.45, 7) is 3.79. The number of aliphatic hydroxyl groups is 2. The Kier molecular flexibility index (Phi) is 5.63. The number of nitrogens with one attached hydrogen (secondary N) is 1. The molecule has 0 radical (unpaired) electrons. The topological polar surface area (TPSA) is 104 Å². The summed E-state index contributed by atoms with van der Waals surface area (Å²) in [7, 11) is 0. The molecule has 0 bridgehead atoms. The molecule has 1 aromatic heterocycles. The molecule has 0 aliphatic heterocycles. The Morgan fingerprint density at radius 1 is 1.47 bits per heavy atom. The van der Waals surface area contributed by atoms with Crippen LogP contribution in [0.2, 0.25) is 0 Å². The lowest BCUT2D eigenvalue weighted by Gasteiger charge is -2.15. The van der Waals surface area contributed by atoms with Crippen LogP contribution in [0.1, 0.15) is 25.3 Å². The molecule has 1 aromatic rings. The minimum absolute atomic E-state index is 0.219. The first kappa shape index (κ1) is 14.2. The lowest BCUT2D eigenvalue weighted by molar-refractivity contribution is 0.113. The Bertz CT molecular complexity index is 362. The fourth-order valence-electron chi connectivity index (χ4n) is 1.36. The second kappa shape index (κ2) is 6.75. The molecule has 5 N–H and O–H groups in total. The van der Waals surface area contributed by atoms with Crippen LogP contribution in [0.25, 0.3) is 0 Å². The van der Waals surface area contributed by atoms with Crippen LogP contribution >= 0.6 is 11.8 Å². The minimum Gasteiger partial charge on any atom is -0.394 e. The van der Waals surface area contributed by atoms with Crippen LogP contribution in [0.15, 0.2) is 11.4 Å². The summed E-state index contributed by atoms with van der Waals surface area (Å²) in [6, 6.07) is 0. The average Bonchev–Trinajstić information content (AvgIpc) is 2.34. The number of nitrogen functional groups attached to an aromatic ring is 1. The first-order valence-electron chi connectivity index (χ1n) is 5.33. The van der Waals surface area contributed by atoms with Gasteiger partial charge in [-0.25, -0.2) is 15.8 Å². The highest BCUT2D eigenvalue weighted by molar-refractivity contribution is 7.99. The van der Waals surface area contributed by atoms with Gasteiger partial charge in [0.25, 0.3) is 0 Å². The van der Waals surface area contributed by atoms with Gasteiger partial charge in [-0.2, -0.15) is 0 Å². The van der Waals surface area contributed by atoms with E-state index in [2.05, 4.69) is 15.4 Å². The van der Waals surface area contributed by atoms with Crippen LogP contribution in [0, 0.1) is 0 Å². The van der Waals surface area contributed by atoms with Crippen molar-refractivity contribution < 1.29 is 10.2 Å². The number of nitrogens with two attached hydrogens (primary N) is 1. The number of thioether (sulfide) groups is 1. The molecule has 0 aromatic carbocycles. The number of hydrogen-bond acceptors (Lipinski definition) is 7. The molecule has 0 aliphatic carbocycles. The van der Waals surface area contributed by atoms with Crippen molar-refractivity contribution in [3.8, 4) is 0 Å². The fourth-order valence-corrected chi connectivity index (χ4v) is 2.42. The summed E-state index contributed by atoms with van der Waals surface area (Å²) in [5, 5.41) is 18.9. The van der Waals surface area contributed by atoms with Crippen molar-refractivity contribution in [3.05, 3.63) is 11.9 Å². The molecule has 1 rings (SSSR count). The number of nitrogens with zero attached hydrogens (tertiary/aromatic N) is 2. The highest BCUT2D eigenvalue weighted by Gasteiger charge is 2.15. The quantitative estimate of drug-likeness (QED) is 0.252. The number of aromatic nitrogens is 2. The maximum atomic E-state index is 9.32. The summed E-state index contributed by atoms with van der Waals surface area (Å²) < 4.78 is 0. The zero-order chi connectivity index (χ0) is 12.8. The number of aliphatic hydroxyl groups excluding tert-OH is 2. The van der Waals surface area contributed by atoms with Gasteiger partial charge in [0.15, 0.2) is 0 Å². The monoisotopic (exact) mass is 258 g/mol. The van der Waals surface area contributed by atoms with E-state index in [9.17, 15) is 5.11 Å². The largest absolute Gasteiger partial charge is 0.394 e. The van der Waals surface area contributed by atoms with Gasteiger partial charge in [0, 0.05) is 11.3 Å². The summed E-state index contributed by atoms with van der Waals surface area (Å²) in [4.78, 5) is 8.23. The Labute approximate surface area is 105 Å². The summed E-state index contributed by atoms with van der Waals surface area (Å²) in [5.41, 5.74) is 3.46. The molecule has 0 saturated heterocycles. The highest BCUT2D eigenvalue weighted by Crippen LogP contribution is 2.31. The summed E-state index contributed by atoms with van der Waals surface area (Å²) in [5.74, 6) is 6.60. The van der Waals surface area contributed by atoms with Crippen LogP contribution in [0.5, 0.6) is 0 Å². The van der Waals surface area contributed by atoms with Crippen molar-refractivity contribution >= 4 is 17.6 Å². The third-order valence-electron chi connectivity index (χ3n) is 2.18. The Balaban J connectivity index is 2.90. The van der Waals surface area contributed by atoms with Crippen molar-refractivity contribution in [1.29, 1.82) is 0 Å². The van der Waals surface area contributed by atoms with E-state index in [4.69, 9.17) is 10.9 Å². The Hall–Kier alpha value is -0.890. The van der Waals surface area contributed by atoms with Gasteiger partial charge in [-0.15, -0.1) is 11.8 Å². The molecule has 1 atom stereocenters.